The number of rotatable bonds is 1. The fourth-order valence-electron chi connectivity index (χ4n) is 1.29. The molecule has 1 heterocycles. The van der Waals surface area contributed by atoms with Crippen molar-refractivity contribution in [1.29, 1.82) is 0 Å². The molecule has 0 radical (unpaired) electrons. The highest BCUT2D eigenvalue weighted by atomic mass is 127. The first-order valence-electron chi connectivity index (χ1n) is 4.10. The van der Waals surface area contributed by atoms with Gasteiger partial charge in [-0.05, 0) is 16.1 Å². The lowest BCUT2D eigenvalue weighted by atomic mass is 10.3. The summed E-state index contributed by atoms with van der Waals surface area (Å²) in [5.41, 5.74) is 0.802. The van der Waals surface area contributed by atoms with Gasteiger partial charge >= 0.3 is 5.76 Å². The maximum absolute atomic E-state index is 13.0. The zero-order valence-corrected chi connectivity index (χ0v) is 9.62. The van der Waals surface area contributed by atoms with E-state index < -0.39 is 11.6 Å². The minimum atomic E-state index is -0.519. The van der Waals surface area contributed by atoms with E-state index in [9.17, 15) is 9.18 Å². The molecule has 0 bridgehead atoms. The van der Waals surface area contributed by atoms with E-state index in [2.05, 4.69) is 9.85 Å². The van der Waals surface area contributed by atoms with Crippen molar-refractivity contribution in [3.05, 3.63) is 34.6 Å². The van der Waals surface area contributed by atoms with E-state index in [0.717, 1.165) is 0 Å². The van der Waals surface area contributed by atoms with Crippen molar-refractivity contribution in [2.75, 3.05) is 0 Å². The van der Waals surface area contributed by atoms with Gasteiger partial charge in [-0.25, -0.2) is 9.18 Å². The van der Waals surface area contributed by atoms with Gasteiger partial charge < -0.3 is 4.42 Å². The SMILES string of the molecule is O=c1oc2ccc(F)cc2n1CC#CI. The van der Waals surface area contributed by atoms with Crippen molar-refractivity contribution in [3.8, 4) is 9.85 Å². The molecule has 0 spiro atoms. The Morgan fingerprint density at radius 2 is 2.33 bits per heavy atom. The number of oxazole rings is 1. The highest BCUT2D eigenvalue weighted by Crippen LogP contribution is 2.13. The molecule has 2 rings (SSSR count). The fourth-order valence-corrected chi connectivity index (χ4v) is 1.46. The van der Waals surface area contributed by atoms with Crippen LogP contribution in [-0.2, 0) is 6.54 Å². The minimum absolute atomic E-state index is 0.207. The Morgan fingerprint density at radius 3 is 3.07 bits per heavy atom. The van der Waals surface area contributed by atoms with E-state index in [1.165, 1.54) is 22.8 Å². The highest BCUT2D eigenvalue weighted by molar-refractivity contribution is 14.1. The molecule has 76 valence electrons. The second kappa shape index (κ2) is 4.06. The first-order valence-corrected chi connectivity index (χ1v) is 5.17. The summed E-state index contributed by atoms with van der Waals surface area (Å²) in [7, 11) is 0. The second-order valence-corrected chi connectivity index (χ2v) is 3.38. The summed E-state index contributed by atoms with van der Waals surface area (Å²) in [6.07, 6.45) is 0. The standard InChI is InChI=1S/C10H5FINO2/c11-7-2-3-9-8(6-7)13(5-1-4-12)10(14)15-9/h2-3,6H,5H2. The molecule has 0 aliphatic heterocycles. The average molecular weight is 317 g/mol. The summed E-state index contributed by atoms with van der Waals surface area (Å²) in [5.74, 6) is 1.80. The van der Waals surface area contributed by atoms with Gasteiger partial charge in [0.05, 0.1) is 12.1 Å². The highest BCUT2D eigenvalue weighted by Gasteiger charge is 2.08. The normalized spacial score (nSPS) is 10.0. The van der Waals surface area contributed by atoms with Crippen molar-refractivity contribution in [1.82, 2.24) is 4.57 Å². The Kier molecular flexibility index (Phi) is 2.77. The van der Waals surface area contributed by atoms with Gasteiger partial charge in [0.2, 0.25) is 0 Å². The Bertz CT molecular complexity index is 618. The van der Waals surface area contributed by atoms with Gasteiger partial charge in [0, 0.05) is 28.7 Å². The summed E-state index contributed by atoms with van der Waals surface area (Å²) < 4.78 is 21.8. The molecule has 15 heavy (non-hydrogen) atoms. The summed E-state index contributed by atoms with van der Waals surface area (Å²) in [5, 5.41) is 0. The van der Waals surface area contributed by atoms with E-state index in [4.69, 9.17) is 4.42 Å². The Morgan fingerprint density at radius 1 is 1.53 bits per heavy atom. The molecule has 0 saturated heterocycles. The maximum atomic E-state index is 13.0. The van der Waals surface area contributed by atoms with Crippen molar-refractivity contribution in [2.24, 2.45) is 0 Å². The number of fused-ring (bicyclic) bond motifs is 1. The Hall–Kier alpha value is -1.29. The van der Waals surface area contributed by atoms with Crippen LogP contribution in [-0.4, -0.2) is 4.57 Å². The van der Waals surface area contributed by atoms with E-state index >= 15 is 0 Å². The monoisotopic (exact) mass is 317 g/mol. The predicted octanol–water partition coefficient (Wildman–Crippen LogP) is 2.13. The van der Waals surface area contributed by atoms with Crippen molar-refractivity contribution in [2.45, 2.75) is 6.54 Å². The van der Waals surface area contributed by atoms with Crippen LogP contribution < -0.4 is 5.76 Å². The first kappa shape index (κ1) is 10.2. The molecule has 0 saturated carbocycles. The summed E-state index contributed by atoms with van der Waals surface area (Å²) in [4.78, 5) is 11.4. The Labute approximate surface area is 98.0 Å². The van der Waals surface area contributed by atoms with E-state index in [-0.39, 0.29) is 6.54 Å². The van der Waals surface area contributed by atoms with Crippen molar-refractivity contribution < 1.29 is 8.81 Å². The van der Waals surface area contributed by atoms with Gasteiger partial charge in [-0.3, -0.25) is 4.57 Å². The topological polar surface area (TPSA) is 35.1 Å². The van der Waals surface area contributed by atoms with Crippen LogP contribution in [0.25, 0.3) is 11.1 Å². The maximum Gasteiger partial charge on any atom is 0.420 e. The lowest BCUT2D eigenvalue weighted by Gasteiger charge is -1.94. The molecule has 0 atom stereocenters. The van der Waals surface area contributed by atoms with Crippen LogP contribution in [0.1, 0.15) is 0 Å². The van der Waals surface area contributed by atoms with Crippen LogP contribution in [0.4, 0.5) is 4.39 Å². The molecular formula is C10H5FINO2. The molecule has 0 amide bonds. The van der Waals surface area contributed by atoms with Gasteiger partial charge in [0.1, 0.15) is 5.82 Å². The number of hydrogen-bond acceptors (Lipinski definition) is 2. The molecule has 0 unspecified atom stereocenters. The van der Waals surface area contributed by atoms with Gasteiger partial charge in [-0.15, -0.1) is 0 Å². The van der Waals surface area contributed by atoms with Crippen LogP contribution in [0.15, 0.2) is 27.4 Å². The smallest absolute Gasteiger partial charge is 0.408 e. The van der Waals surface area contributed by atoms with Gasteiger partial charge in [0.15, 0.2) is 5.58 Å². The van der Waals surface area contributed by atoms with Crippen molar-refractivity contribution >= 4 is 33.7 Å². The molecule has 0 aliphatic rings. The van der Waals surface area contributed by atoms with E-state index in [1.54, 1.807) is 0 Å². The third-order valence-electron chi connectivity index (χ3n) is 1.93. The largest absolute Gasteiger partial charge is 0.420 e. The molecular weight excluding hydrogens is 312 g/mol. The number of aromatic nitrogens is 1. The molecule has 1 aromatic heterocycles. The molecule has 1 aromatic carbocycles. The second-order valence-electron chi connectivity index (χ2n) is 2.84. The molecule has 2 aromatic rings. The molecule has 0 aliphatic carbocycles. The number of hydrogen-bond donors (Lipinski definition) is 0. The lowest BCUT2D eigenvalue weighted by molar-refractivity contribution is 0.521. The average Bonchev–Trinajstić information content (AvgIpc) is 2.51. The predicted molar refractivity (Wildman–Crippen MR) is 62.2 cm³/mol. The summed E-state index contributed by atoms with van der Waals surface area (Å²) in [6, 6.07) is 3.94. The molecule has 0 fully saturated rings. The van der Waals surface area contributed by atoms with E-state index in [1.807, 2.05) is 22.6 Å². The van der Waals surface area contributed by atoms with Crippen LogP contribution in [0.3, 0.4) is 0 Å². The van der Waals surface area contributed by atoms with Crippen LogP contribution in [0.5, 0.6) is 0 Å². The number of halogens is 2. The number of nitrogens with zero attached hydrogens (tertiary/aromatic N) is 1. The quantitative estimate of drug-likeness (QED) is 0.597. The van der Waals surface area contributed by atoms with Crippen LogP contribution >= 0.6 is 22.6 Å². The summed E-state index contributed by atoms with van der Waals surface area (Å²) in [6.45, 7) is 0.207. The molecule has 5 heteroatoms. The number of benzene rings is 1. The molecule has 0 N–H and O–H groups in total. The lowest BCUT2D eigenvalue weighted by Crippen LogP contribution is -2.13. The van der Waals surface area contributed by atoms with Crippen molar-refractivity contribution in [3.63, 3.8) is 0 Å². The fraction of sp³-hybridized carbons (Fsp3) is 0.100. The van der Waals surface area contributed by atoms with Gasteiger partial charge in [0.25, 0.3) is 0 Å². The zero-order valence-electron chi connectivity index (χ0n) is 7.46. The van der Waals surface area contributed by atoms with Crippen LogP contribution in [0, 0.1) is 15.7 Å². The first-order chi connectivity index (χ1) is 7.22. The third-order valence-corrected chi connectivity index (χ3v) is 2.31. The summed E-state index contributed by atoms with van der Waals surface area (Å²) >= 11 is 1.87. The van der Waals surface area contributed by atoms with E-state index in [0.29, 0.717) is 11.1 Å². The third kappa shape index (κ3) is 1.90. The zero-order chi connectivity index (χ0) is 10.8. The van der Waals surface area contributed by atoms with Gasteiger partial charge in [-0.2, -0.15) is 0 Å². The minimum Gasteiger partial charge on any atom is -0.408 e. The Balaban J connectivity index is 2.69. The van der Waals surface area contributed by atoms with Crippen LogP contribution in [0.2, 0.25) is 0 Å². The molecule has 3 nitrogen and oxygen atoms in total. The van der Waals surface area contributed by atoms with Gasteiger partial charge in [-0.1, -0.05) is 5.92 Å².